The van der Waals surface area contributed by atoms with Gasteiger partial charge in [-0.3, -0.25) is 19.5 Å². The molecule has 0 aliphatic carbocycles. The van der Waals surface area contributed by atoms with E-state index in [1.807, 2.05) is 0 Å². The molecule has 0 saturated heterocycles. The summed E-state index contributed by atoms with van der Waals surface area (Å²) in [6.45, 7) is 0. The maximum atomic E-state index is 11.8. The highest BCUT2D eigenvalue weighted by atomic mass is 35.5. The minimum atomic E-state index is -0.858. The summed E-state index contributed by atoms with van der Waals surface area (Å²) in [6.07, 6.45) is 0. The van der Waals surface area contributed by atoms with Crippen LogP contribution in [-0.2, 0) is 7.05 Å². The minimum Gasteiger partial charge on any atom is -0.290 e. The van der Waals surface area contributed by atoms with Crippen LogP contribution in [0.4, 0.5) is 5.69 Å². The van der Waals surface area contributed by atoms with Crippen LogP contribution < -0.4 is 5.56 Å². The van der Waals surface area contributed by atoms with Gasteiger partial charge in [0, 0.05) is 12.4 Å². The van der Waals surface area contributed by atoms with Crippen molar-refractivity contribution in [2.45, 2.75) is 0 Å². The fourth-order valence-electron chi connectivity index (χ4n) is 1.51. The van der Waals surface area contributed by atoms with Crippen LogP contribution in [-0.4, -0.2) is 14.5 Å². The molecule has 0 fully saturated rings. The number of halogens is 3. The van der Waals surface area contributed by atoms with Gasteiger partial charge in [0.2, 0.25) is 0 Å². The molecule has 0 aliphatic heterocycles. The van der Waals surface area contributed by atoms with Crippen molar-refractivity contribution in [1.82, 2.24) is 9.55 Å². The predicted molar refractivity (Wildman–Crippen MR) is 68.7 cm³/mol. The monoisotopic (exact) mass is 307 g/mol. The summed E-state index contributed by atoms with van der Waals surface area (Å²) in [6, 6.07) is 1.33. The van der Waals surface area contributed by atoms with E-state index in [4.69, 9.17) is 34.8 Å². The van der Waals surface area contributed by atoms with Crippen LogP contribution in [0.25, 0.3) is 11.0 Å². The van der Waals surface area contributed by atoms with E-state index in [0.717, 1.165) is 4.57 Å². The molecule has 0 unspecified atom stereocenters. The number of aromatic nitrogens is 2. The first-order valence-electron chi connectivity index (χ1n) is 4.53. The van der Waals surface area contributed by atoms with Crippen molar-refractivity contribution < 1.29 is 4.92 Å². The van der Waals surface area contributed by atoms with Crippen LogP contribution in [0.15, 0.2) is 10.9 Å². The van der Waals surface area contributed by atoms with Gasteiger partial charge in [-0.15, -0.1) is 0 Å². The Bertz CT molecular complexity index is 741. The van der Waals surface area contributed by atoms with E-state index in [9.17, 15) is 14.9 Å². The molecule has 0 atom stereocenters. The lowest BCUT2D eigenvalue weighted by Gasteiger charge is -2.07. The molecular formula is C9H4Cl3N3O3. The minimum absolute atomic E-state index is 0.0101. The van der Waals surface area contributed by atoms with Gasteiger partial charge in [-0.25, -0.2) is 4.98 Å². The van der Waals surface area contributed by atoms with Crippen molar-refractivity contribution in [3.8, 4) is 0 Å². The van der Waals surface area contributed by atoms with E-state index in [0.29, 0.717) is 0 Å². The summed E-state index contributed by atoms with van der Waals surface area (Å²) >= 11 is 17.3. The van der Waals surface area contributed by atoms with Gasteiger partial charge in [0.15, 0.2) is 0 Å². The Morgan fingerprint density at radius 3 is 2.56 bits per heavy atom. The number of rotatable bonds is 1. The lowest BCUT2D eigenvalue weighted by atomic mass is 10.2. The Labute approximate surface area is 115 Å². The van der Waals surface area contributed by atoms with E-state index in [-0.39, 0.29) is 26.2 Å². The quantitative estimate of drug-likeness (QED) is 0.461. The lowest BCUT2D eigenvalue weighted by molar-refractivity contribution is -0.386. The highest BCUT2D eigenvalue weighted by molar-refractivity contribution is 6.43. The van der Waals surface area contributed by atoms with Crippen LogP contribution in [0, 0.1) is 10.1 Å². The second-order valence-electron chi connectivity index (χ2n) is 3.42. The number of aryl methyl sites for hydroxylation is 1. The molecule has 18 heavy (non-hydrogen) atoms. The molecule has 6 nitrogen and oxygen atoms in total. The topological polar surface area (TPSA) is 78.0 Å². The summed E-state index contributed by atoms with van der Waals surface area (Å²) in [5.41, 5.74) is -1.44. The molecule has 94 valence electrons. The molecule has 2 aromatic heterocycles. The van der Waals surface area contributed by atoms with Crippen molar-refractivity contribution >= 4 is 51.5 Å². The van der Waals surface area contributed by atoms with Crippen molar-refractivity contribution in [1.29, 1.82) is 0 Å². The van der Waals surface area contributed by atoms with Gasteiger partial charge in [-0.1, -0.05) is 34.8 Å². The Morgan fingerprint density at radius 2 is 2.00 bits per heavy atom. The molecule has 2 heterocycles. The smallest absolute Gasteiger partial charge is 0.290 e. The first kappa shape index (κ1) is 13.1. The summed E-state index contributed by atoms with van der Waals surface area (Å²) in [4.78, 5) is 25.6. The van der Waals surface area contributed by atoms with E-state index >= 15 is 0 Å². The second kappa shape index (κ2) is 4.38. The second-order valence-corrected chi connectivity index (χ2v) is 4.56. The molecule has 0 aliphatic rings. The molecule has 0 amide bonds. The van der Waals surface area contributed by atoms with Crippen LogP contribution >= 0.6 is 34.8 Å². The average molecular weight is 309 g/mol. The molecule has 0 radical (unpaired) electrons. The summed E-state index contributed by atoms with van der Waals surface area (Å²) < 4.78 is 1.00. The lowest BCUT2D eigenvalue weighted by Crippen LogP contribution is -2.21. The standard InChI is InChI=1S/C9H4Cl3N3O3/c1-14-8-3(2-4(10)7(12)13-8)5(11)6(9(14)16)15(17)18/h2H,1H3. The van der Waals surface area contributed by atoms with Gasteiger partial charge in [0.1, 0.15) is 15.8 Å². The summed E-state index contributed by atoms with van der Waals surface area (Å²) in [5, 5.41) is 10.8. The highest BCUT2D eigenvalue weighted by Crippen LogP contribution is 2.32. The van der Waals surface area contributed by atoms with Gasteiger partial charge in [-0.2, -0.15) is 0 Å². The third-order valence-electron chi connectivity index (χ3n) is 2.36. The van der Waals surface area contributed by atoms with Gasteiger partial charge in [-0.05, 0) is 6.07 Å². The summed E-state index contributed by atoms with van der Waals surface area (Å²) in [5.74, 6) is 0. The summed E-state index contributed by atoms with van der Waals surface area (Å²) in [7, 11) is 1.34. The zero-order valence-corrected chi connectivity index (χ0v) is 11.0. The zero-order valence-electron chi connectivity index (χ0n) is 8.78. The van der Waals surface area contributed by atoms with Gasteiger partial charge < -0.3 is 0 Å². The molecule has 2 aromatic rings. The van der Waals surface area contributed by atoms with Gasteiger partial charge >= 0.3 is 11.2 Å². The fraction of sp³-hybridized carbons (Fsp3) is 0.111. The Balaban J connectivity index is 3.08. The average Bonchev–Trinajstić information content (AvgIpc) is 2.29. The molecule has 9 heteroatoms. The van der Waals surface area contributed by atoms with E-state index < -0.39 is 16.2 Å². The van der Waals surface area contributed by atoms with Crippen molar-refractivity contribution in [3.05, 3.63) is 41.7 Å². The molecule has 0 bridgehead atoms. The van der Waals surface area contributed by atoms with E-state index in [1.54, 1.807) is 0 Å². The normalized spacial score (nSPS) is 10.9. The Kier molecular flexibility index (Phi) is 3.18. The molecule has 0 N–H and O–H groups in total. The zero-order chi connectivity index (χ0) is 13.6. The molecule has 0 saturated carbocycles. The van der Waals surface area contributed by atoms with Crippen LogP contribution in [0.3, 0.4) is 0 Å². The number of nitrogens with zero attached hydrogens (tertiary/aromatic N) is 3. The number of hydrogen-bond acceptors (Lipinski definition) is 4. The van der Waals surface area contributed by atoms with Crippen molar-refractivity contribution in [2.75, 3.05) is 0 Å². The predicted octanol–water partition coefficient (Wildman–Crippen LogP) is 2.80. The van der Waals surface area contributed by atoms with Gasteiger partial charge in [0.25, 0.3) is 0 Å². The van der Waals surface area contributed by atoms with E-state index in [1.165, 1.54) is 13.1 Å². The van der Waals surface area contributed by atoms with Crippen molar-refractivity contribution in [2.24, 2.45) is 7.05 Å². The highest BCUT2D eigenvalue weighted by Gasteiger charge is 2.24. The molecule has 2 rings (SSSR count). The number of pyridine rings is 2. The number of nitro groups is 1. The number of hydrogen-bond donors (Lipinski definition) is 0. The van der Waals surface area contributed by atoms with Crippen LogP contribution in [0.2, 0.25) is 15.2 Å². The first-order valence-corrected chi connectivity index (χ1v) is 5.66. The fourth-order valence-corrected chi connectivity index (χ4v) is 2.08. The third kappa shape index (κ3) is 1.82. The molecule has 0 aromatic carbocycles. The Hall–Kier alpha value is -1.37. The van der Waals surface area contributed by atoms with Crippen LogP contribution in [0.5, 0.6) is 0 Å². The number of fused-ring (bicyclic) bond motifs is 1. The largest absolute Gasteiger partial charge is 0.353 e. The maximum Gasteiger partial charge on any atom is 0.353 e. The maximum absolute atomic E-state index is 11.8. The van der Waals surface area contributed by atoms with Crippen LogP contribution in [0.1, 0.15) is 0 Å². The molecular weight excluding hydrogens is 304 g/mol. The Morgan fingerprint density at radius 1 is 1.39 bits per heavy atom. The first-order chi connectivity index (χ1) is 8.34. The van der Waals surface area contributed by atoms with Gasteiger partial charge in [0.05, 0.1) is 9.95 Å². The van der Waals surface area contributed by atoms with Crippen molar-refractivity contribution in [3.63, 3.8) is 0 Å². The SMILES string of the molecule is Cn1c(=O)c([N+](=O)[O-])c(Cl)c2cc(Cl)c(Cl)nc21. The van der Waals surface area contributed by atoms with E-state index in [2.05, 4.69) is 4.98 Å². The third-order valence-corrected chi connectivity index (χ3v) is 3.42. The molecule has 0 spiro atoms.